The quantitative estimate of drug-likeness (QED) is 0.735. The van der Waals surface area contributed by atoms with Crippen LogP contribution in [0.15, 0.2) is 24.3 Å². The number of likely N-dealkylation sites (N-methyl/N-ethyl adjacent to an activating group) is 1. The molecule has 0 aliphatic carbocycles. The Kier molecular flexibility index (Phi) is 4.82. The van der Waals surface area contributed by atoms with Gasteiger partial charge in [0, 0.05) is 7.05 Å². The third kappa shape index (κ3) is 3.98. The third-order valence-electron chi connectivity index (χ3n) is 2.23. The number of benzene rings is 1. The molecule has 0 atom stereocenters. The van der Waals surface area contributed by atoms with Crippen LogP contribution < -0.4 is 9.64 Å². The Morgan fingerprint density at radius 3 is 2.59 bits per heavy atom. The molecule has 1 aromatic carbocycles. The zero-order chi connectivity index (χ0) is 12.8. The minimum Gasteiger partial charge on any atom is -0.495 e. The second-order valence-corrected chi connectivity index (χ2v) is 4.07. The minimum atomic E-state index is -0.242. The molecule has 0 aromatic heterocycles. The van der Waals surface area contributed by atoms with E-state index in [1.54, 1.807) is 7.11 Å². The van der Waals surface area contributed by atoms with Crippen LogP contribution >= 0.6 is 0 Å². The van der Waals surface area contributed by atoms with Crippen molar-refractivity contribution in [3.63, 3.8) is 0 Å². The molecule has 94 valence electrons. The molecule has 0 aliphatic heterocycles. The Hall–Kier alpha value is -1.71. The van der Waals surface area contributed by atoms with Gasteiger partial charge in [0.05, 0.1) is 18.9 Å². The molecule has 0 radical (unpaired) electrons. The first kappa shape index (κ1) is 13.4. The molecular weight excluding hydrogens is 218 g/mol. The van der Waals surface area contributed by atoms with E-state index in [2.05, 4.69) is 0 Å². The standard InChI is InChI=1S/C13H19NO3/c1-10(2)17-13(15)9-14(3)11-7-5-6-8-12(11)16-4/h5-8,10H,9H2,1-4H3. The molecule has 4 nitrogen and oxygen atoms in total. The molecule has 0 unspecified atom stereocenters. The SMILES string of the molecule is COc1ccccc1N(C)CC(=O)OC(C)C. The van der Waals surface area contributed by atoms with Gasteiger partial charge in [-0.05, 0) is 26.0 Å². The molecule has 1 aromatic rings. The topological polar surface area (TPSA) is 38.8 Å². The largest absolute Gasteiger partial charge is 0.495 e. The minimum absolute atomic E-state index is 0.0893. The highest BCUT2D eigenvalue weighted by molar-refractivity contribution is 5.76. The molecule has 0 saturated carbocycles. The summed E-state index contributed by atoms with van der Waals surface area (Å²) in [5.41, 5.74) is 0.871. The van der Waals surface area contributed by atoms with Crippen molar-refractivity contribution in [3.8, 4) is 5.75 Å². The molecule has 0 N–H and O–H groups in total. The van der Waals surface area contributed by atoms with E-state index >= 15 is 0 Å². The number of nitrogens with zero attached hydrogens (tertiary/aromatic N) is 1. The molecule has 0 fully saturated rings. The van der Waals surface area contributed by atoms with Gasteiger partial charge in [0.2, 0.25) is 0 Å². The van der Waals surface area contributed by atoms with Gasteiger partial charge in [0.25, 0.3) is 0 Å². The smallest absolute Gasteiger partial charge is 0.325 e. The molecule has 17 heavy (non-hydrogen) atoms. The third-order valence-corrected chi connectivity index (χ3v) is 2.23. The van der Waals surface area contributed by atoms with Crippen molar-refractivity contribution in [1.29, 1.82) is 0 Å². The predicted octanol–water partition coefficient (Wildman–Crippen LogP) is 2.08. The fourth-order valence-electron chi connectivity index (χ4n) is 1.52. The molecule has 0 heterocycles. The lowest BCUT2D eigenvalue weighted by Gasteiger charge is -2.21. The summed E-state index contributed by atoms with van der Waals surface area (Å²) in [6.45, 7) is 3.88. The van der Waals surface area contributed by atoms with E-state index in [1.807, 2.05) is 50.1 Å². The van der Waals surface area contributed by atoms with Crippen LogP contribution in [0.5, 0.6) is 5.75 Å². The van der Waals surface area contributed by atoms with E-state index in [0.29, 0.717) is 0 Å². The number of anilines is 1. The summed E-state index contributed by atoms with van der Waals surface area (Å²) in [4.78, 5) is 13.3. The number of carbonyl (C=O) groups is 1. The van der Waals surface area contributed by atoms with E-state index in [0.717, 1.165) is 11.4 Å². The predicted molar refractivity (Wildman–Crippen MR) is 67.5 cm³/mol. The summed E-state index contributed by atoms with van der Waals surface area (Å²) < 4.78 is 10.3. The maximum Gasteiger partial charge on any atom is 0.325 e. The molecule has 0 amide bonds. The van der Waals surface area contributed by atoms with Crippen LogP contribution in [0.3, 0.4) is 0 Å². The molecule has 0 aliphatic rings. The van der Waals surface area contributed by atoms with Crippen LogP contribution in [0.1, 0.15) is 13.8 Å². The van der Waals surface area contributed by atoms with Crippen LogP contribution in [0.25, 0.3) is 0 Å². The first-order valence-electron chi connectivity index (χ1n) is 5.58. The number of rotatable bonds is 5. The average Bonchev–Trinajstić information content (AvgIpc) is 2.27. The fraction of sp³-hybridized carbons (Fsp3) is 0.462. The number of esters is 1. The van der Waals surface area contributed by atoms with Crippen LogP contribution in [-0.4, -0.2) is 32.8 Å². The van der Waals surface area contributed by atoms with E-state index in [4.69, 9.17) is 9.47 Å². The Balaban J connectivity index is 2.69. The highest BCUT2D eigenvalue weighted by atomic mass is 16.5. The molecule has 0 saturated heterocycles. The van der Waals surface area contributed by atoms with E-state index in [1.165, 1.54) is 0 Å². The highest BCUT2D eigenvalue weighted by Gasteiger charge is 2.12. The number of carbonyl (C=O) groups excluding carboxylic acids is 1. The summed E-state index contributed by atoms with van der Waals surface area (Å²) >= 11 is 0. The van der Waals surface area contributed by atoms with Gasteiger partial charge in [-0.15, -0.1) is 0 Å². The lowest BCUT2D eigenvalue weighted by molar-refractivity contribution is -0.145. The van der Waals surface area contributed by atoms with E-state index in [-0.39, 0.29) is 18.6 Å². The van der Waals surface area contributed by atoms with Crippen LogP contribution in [0.2, 0.25) is 0 Å². The Morgan fingerprint density at radius 2 is 2.00 bits per heavy atom. The van der Waals surface area contributed by atoms with Gasteiger partial charge in [0.15, 0.2) is 0 Å². The van der Waals surface area contributed by atoms with Crippen molar-refractivity contribution in [2.24, 2.45) is 0 Å². The number of para-hydroxylation sites is 2. The first-order valence-corrected chi connectivity index (χ1v) is 5.58. The maximum atomic E-state index is 11.5. The number of methoxy groups -OCH3 is 1. The summed E-state index contributed by atoms with van der Waals surface area (Å²) in [6.07, 6.45) is -0.0893. The first-order chi connectivity index (χ1) is 8.04. The molecule has 4 heteroatoms. The fourth-order valence-corrected chi connectivity index (χ4v) is 1.52. The van der Waals surface area contributed by atoms with Gasteiger partial charge in [-0.1, -0.05) is 12.1 Å². The van der Waals surface area contributed by atoms with Gasteiger partial charge >= 0.3 is 5.97 Å². The zero-order valence-corrected chi connectivity index (χ0v) is 10.8. The molecule has 0 bridgehead atoms. The molecule has 0 spiro atoms. The number of ether oxygens (including phenoxy) is 2. The lowest BCUT2D eigenvalue weighted by Crippen LogP contribution is -2.28. The van der Waals surface area contributed by atoms with Gasteiger partial charge in [-0.3, -0.25) is 4.79 Å². The van der Waals surface area contributed by atoms with Crippen molar-refractivity contribution >= 4 is 11.7 Å². The zero-order valence-electron chi connectivity index (χ0n) is 10.8. The Bertz CT molecular complexity index is 377. The summed E-state index contributed by atoms with van der Waals surface area (Å²) in [6, 6.07) is 7.56. The number of hydrogen-bond acceptors (Lipinski definition) is 4. The molecular formula is C13H19NO3. The molecule has 1 rings (SSSR count). The highest BCUT2D eigenvalue weighted by Crippen LogP contribution is 2.26. The number of hydrogen-bond donors (Lipinski definition) is 0. The summed E-state index contributed by atoms with van der Waals surface area (Å²) in [7, 11) is 3.44. The average molecular weight is 237 g/mol. The van der Waals surface area contributed by atoms with Crippen molar-refractivity contribution in [3.05, 3.63) is 24.3 Å². The van der Waals surface area contributed by atoms with Gasteiger partial charge in [-0.25, -0.2) is 0 Å². The Labute approximate surface area is 102 Å². The maximum absolute atomic E-state index is 11.5. The van der Waals surface area contributed by atoms with Crippen molar-refractivity contribution in [2.45, 2.75) is 20.0 Å². The van der Waals surface area contributed by atoms with Crippen molar-refractivity contribution < 1.29 is 14.3 Å². The van der Waals surface area contributed by atoms with Crippen LogP contribution in [0.4, 0.5) is 5.69 Å². The summed E-state index contributed by atoms with van der Waals surface area (Å²) in [5.74, 6) is 0.501. The van der Waals surface area contributed by atoms with Gasteiger partial charge < -0.3 is 14.4 Å². The van der Waals surface area contributed by atoms with E-state index in [9.17, 15) is 4.79 Å². The van der Waals surface area contributed by atoms with E-state index < -0.39 is 0 Å². The second kappa shape index (κ2) is 6.13. The summed E-state index contributed by atoms with van der Waals surface area (Å²) in [5, 5.41) is 0. The van der Waals surface area contributed by atoms with Crippen molar-refractivity contribution in [2.75, 3.05) is 25.6 Å². The van der Waals surface area contributed by atoms with Crippen LogP contribution in [0, 0.1) is 0 Å². The monoisotopic (exact) mass is 237 g/mol. The van der Waals surface area contributed by atoms with Crippen LogP contribution in [-0.2, 0) is 9.53 Å². The van der Waals surface area contributed by atoms with Gasteiger partial charge in [0.1, 0.15) is 12.3 Å². The Morgan fingerprint density at radius 1 is 1.35 bits per heavy atom. The van der Waals surface area contributed by atoms with Crippen molar-refractivity contribution in [1.82, 2.24) is 0 Å². The lowest BCUT2D eigenvalue weighted by atomic mass is 10.2. The normalized spacial score (nSPS) is 10.2. The second-order valence-electron chi connectivity index (χ2n) is 4.07. The van der Waals surface area contributed by atoms with Gasteiger partial charge in [-0.2, -0.15) is 0 Å².